The Morgan fingerprint density at radius 2 is 1.67 bits per heavy atom. The van der Waals surface area contributed by atoms with E-state index in [0.29, 0.717) is 10.6 Å². The smallest absolute Gasteiger partial charge is 0.245 e. The molecule has 0 saturated heterocycles. The molecule has 0 radical (unpaired) electrons. The third-order valence-corrected chi connectivity index (χ3v) is 4.32. The molecule has 0 saturated carbocycles. The molecule has 0 N–H and O–H groups in total. The van der Waals surface area contributed by atoms with Gasteiger partial charge in [-0.15, -0.1) is 0 Å². The molecule has 0 aliphatic rings. The Hall–Kier alpha value is -1.98. The average Bonchev–Trinajstić information content (AvgIpc) is 2.45. The molecule has 1 aromatic heterocycles. The van der Waals surface area contributed by atoms with Gasteiger partial charge in [0.05, 0.1) is 5.52 Å². The molecule has 5 heteroatoms. The van der Waals surface area contributed by atoms with Gasteiger partial charge in [-0.2, -0.15) is 0 Å². The van der Waals surface area contributed by atoms with Crippen molar-refractivity contribution in [3.63, 3.8) is 0 Å². The molecule has 3 aromatic rings. The Labute approximate surface area is 123 Å². The van der Waals surface area contributed by atoms with Crippen molar-refractivity contribution in [2.45, 2.75) is 10.8 Å². The van der Waals surface area contributed by atoms with Crippen LogP contribution in [0.1, 0.15) is 5.56 Å². The Morgan fingerprint density at radius 1 is 0.952 bits per heavy atom. The van der Waals surface area contributed by atoms with E-state index in [-0.39, 0.29) is 5.75 Å². The van der Waals surface area contributed by atoms with Gasteiger partial charge in [0.25, 0.3) is 0 Å². The fourth-order valence-electron chi connectivity index (χ4n) is 2.09. The minimum absolute atomic E-state index is 0.0278. The summed E-state index contributed by atoms with van der Waals surface area (Å²) in [4.78, 5) is 4.33. The molecule has 21 heavy (non-hydrogen) atoms. The molecule has 106 valence electrons. The number of aromatic nitrogens is 1. The fourth-order valence-corrected chi connectivity index (χ4v) is 3.13. The molecule has 2 nitrogen and oxygen atoms in total. The van der Waals surface area contributed by atoms with Crippen molar-refractivity contribution in [3.05, 3.63) is 71.8 Å². The summed E-state index contributed by atoms with van der Waals surface area (Å²) in [5.74, 6) is -1.32. The number of benzene rings is 2. The van der Waals surface area contributed by atoms with Crippen LogP contribution in [0.5, 0.6) is 0 Å². The summed E-state index contributed by atoms with van der Waals surface area (Å²) in [7, 11) is 0. The second-order valence-corrected chi connectivity index (χ2v) is 6.01. The van der Waals surface area contributed by atoms with Gasteiger partial charge in [-0.25, -0.2) is 13.8 Å². The van der Waals surface area contributed by atoms with Crippen LogP contribution in [0.15, 0.2) is 59.6 Å². The summed E-state index contributed by atoms with van der Waals surface area (Å²) in [6.07, 6.45) is 0. The second-order valence-electron chi connectivity index (χ2n) is 4.61. The maximum absolute atomic E-state index is 13.1. The summed E-state index contributed by atoms with van der Waals surface area (Å²) < 4.78 is 38.6. The highest BCUT2D eigenvalue weighted by Crippen LogP contribution is 2.19. The molecule has 0 bridgehead atoms. The van der Waals surface area contributed by atoms with Crippen LogP contribution in [0.4, 0.5) is 8.78 Å². The Balaban J connectivity index is 1.87. The van der Waals surface area contributed by atoms with Gasteiger partial charge < -0.3 is 4.55 Å². The van der Waals surface area contributed by atoms with Crippen molar-refractivity contribution in [1.29, 1.82) is 0 Å². The summed E-state index contributed by atoms with van der Waals surface area (Å²) in [5.41, 5.74) is 1.09. The Bertz CT molecular complexity index is 774. The molecule has 1 atom stereocenters. The molecule has 0 fully saturated rings. The quantitative estimate of drug-likeness (QED) is 0.690. The van der Waals surface area contributed by atoms with Crippen molar-refractivity contribution in [2.24, 2.45) is 0 Å². The summed E-state index contributed by atoms with van der Waals surface area (Å²) in [6.45, 7) is 0. The van der Waals surface area contributed by atoms with Crippen LogP contribution < -0.4 is 0 Å². The predicted octanol–water partition coefficient (Wildman–Crippen LogP) is 3.82. The molecule has 1 unspecified atom stereocenters. The van der Waals surface area contributed by atoms with Crippen molar-refractivity contribution in [3.8, 4) is 0 Å². The predicted molar refractivity (Wildman–Crippen MR) is 78.2 cm³/mol. The van der Waals surface area contributed by atoms with E-state index in [9.17, 15) is 13.3 Å². The highest BCUT2D eigenvalue weighted by molar-refractivity contribution is 7.90. The Kier molecular flexibility index (Phi) is 3.86. The third kappa shape index (κ3) is 3.20. The van der Waals surface area contributed by atoms with Crippen molar-refractivity contribution in [2.75, 3.05) is 0 Å². The van der Waals surface area contributed by atoms with Gasteiger partial charge in [-0.1, -0.05) is 18.2 Å². The maximum atomic E-state index is 13.1. The van der Waals surface area contributed by atoms with Crippen LogP contribution >= 0.6 is 0 Å². The zero-order valence-electron chi connectivity index (χ0n) is 10.9. The van der Waals surface area contributed by atoms with Crippen molar-refractivity contribution < 1.29 is 13.3 Å². The van der Waals surface area contributed by atoms with E-state index in [0.717, 1.165) is 17.0 Å². The van der Waals surface area contributed by atoms with Crippen LogP contribution in [-0.4, -0.2) is 9.54 Å². The largest absolute Gasteiger partial charge is 0.610 e. The summed E-state index contributed by atoms with van der Waals surface area (Å²) in [5, 5.41) is 1.36. The van der Waals surface area contributed by atoms with E-state index >= 15 is 0 Å². The number of pyridine rings is 1. The molecule has 0 aliphatic carbocycles. The SMILES string of the molecule is [O-][S+](Cc1cc(F)cc(F)c1)c1ccc2ccccc2n1. The zero-order valence-corrected chi connectivity index (χ0v) is 11.7. The summed E-state index contributed by atoms with van der Waals surface area (Å²) >= 11 is -1.45. The molecule has 2 aromatic carbocycles. The first-order valence-electron chi connectivity index (χ1n) is 6.31. The lowest BCUT2D eigenvalue weighted by atomic mass is 10.2. The van der Waals surface area contributed by atoms with Crippen LogP contribution in [-0.2, 0) is 16.9 Å². The molecule has 3 rings (SSSR count). The molecule has 0 spiro atoms. The first-order chi connectivity index (χ1) is 10.1. The van der Waals surface area contributed by atoms with Gasteiger partial charge in [-0.05, 0) is 24.3 Å². The number of halogens is 2. The molecular formula is C16H11F2NOS. The standard InChI is InChI=1S/C16H11F2NOS/c17-13-7-11(8-14(18)9-13)10-21(20)16-6-5-12-3-1-2-4-15(12)19-16/h1-9H,10H2. The van der Waals surface area contributed by atoms with Crippen molar-refractivity contribution in [1.82, 2.24) is 4.98 Å². The first kappa shape index (κ1) is 14.0. The van der Waals surface area contributed by atoms with E-state index in [1.807, 2.05) is 30.3 Å². The number of fused-ring (bicyclic) bond motifs is 1. The molecular weight excluding hydrogens is 292 g/mol. The highest BCUT2D eigenvalue weighted by Gasteiger charge is 2.15. The minimum Gasteiger partial charge on any atom is -0.610 e. The van der Waals surface area contributed by atoms with E-state index in [1.165, 1.54) is 12.1 Å². The number of rotatable bonds is 3. The van der Waals surface area contributed by atoms with Crippen LogP contribution in [0, 0.1) is 11.6 Å². The molecule has 1 heterocycles. The number of nitrogens with zero attached hydrogens (tertiary/aromatic N) is 1. The average molecular weight is 303 g/mol. The topological polar surface area (TPSA) is 36.0 Å². The van der Waals surface area contributed by atoms with Crippen molar-refractivity contribution >= 4 is 22.1 Å². The van der Waals surface area contributed by atoms with Crippen LogP contribution in [0.2, 0.25) is 0 Å². The van der Waals surface area contributed by atoms with Gasteiger partial charge in [0.1, 0.15) is 17.4 Å². The number of hydrogen-bond donors (Lipinski definition) is 0. The van der Waals surface area contributed by atoms with E-state index in [4.69, 9.17) is 0 Å². The van der Waals surface area contributed by atoms with Crippen LogP contribution in [0.25, 0.3) is 10.9 Å². The zero-order chi connectivity index (χ0) is 14.8. The second kappa shape index (κ2) is 5.79. The minimum atomic E-state index is -1.45. The van der Waals surface area contributed by atoms with Gasteiger partial charge >= 0.3 is 0 Å². The van der Waals surface area contributed by atoms with Gasteiger partial charge in [-0.3, -0.25) is 0 Å². The van der Waals surface area contributed by atoms with Crippen LogP contribution in [0.3, 0.4) is 0 Å². The lowest BCUT2D eigenvalue weighted by Gasteiger charge is -2.10. The van der Waals surface area contributed by atoms with Gasteiger partial charge in [0.2, 0.25) is 5.03 Å². The Morgan fingerprint density at radius 3 is 2.43 bits per heavy atom. The summed E-state index contributed by atoms with van der Waals surface area (Å²) in [6, 6.07) is 14.2. The molecule has 0 amide bonds. The lowest BCUT2D eigenvalue weighted by Crippen LogP contribution is -2.07. The number of para-hydroxylation sites is 1. The third-order valence-electron chi connectivity index (χ3n) is 3.03. The normalized spacial score (nSPS) is 12.5. The van der Waals surface area contributed by atoms with E-state index < -0.39 is 22.8 Å². The first-order valence-corrected chi connectivity index (χ1v) is 7.63. The molecule has 0 aliphatic heterocycles. The number of hydrogen-bond acceptors (Lipinski definition) is 2. The fraction of sp³-hybridized carbons (Fsp3) is 0.0625. The van der Waals surface area contributed by atoms with Gasteiger partial charge in [0, 0.05) is 34.3 Å². The highest BCUT2D eigenvalue weighted by atomic mass is 32.2. The maximum Gasteiger partial charge on any atom is 0.245 e. The van der Waals surface area contributed by atoms with Gasteiger partial charge in [0.15, 0.2) is 0 Å². The van der Waals surface area contributed by atoms with E-state index in [1.54, 1.807) is 6.07 Å². The van der Waals surface area contributed by atoms with E-state index in [2.05, 4.69) is 4.98 Å². The monoisotopic (exact) mass is 303 g/mol. The lowest BCUT2D eigenvalue weighted by molar-refractivity contribution is 0.578.